The summed E-state index contributed by atoms with van der Waals surface area (Å²) >= 11 is 2.96. The van der Waals surface area contributed by atoms with Crippen LogP contribution in [0.15, 0.2) is 46.9 Å². The minimum atomic E-state index is -0.732. The molecule has 1 atom stereocenters. The van der Waals surface area contributed by atoms with Gasteiger partial charge in [0.15, 0.2) is 0 Å². The Morgan fingerprint density at radius 2 is 1.89 bits per heavy atom. The molecule has 1 amide bonds. The van der Waals surface area contributed by atoms with Crippen molar-refractivity contribution in [1.29, 1.82) is 0 Å². The lowest BCUT2D eigenvalue weighted by atomic mass is 9.90. The molecule has 0 saturated heterocycles. The fourth-order valence-electron chi connectivity index (χ4n) is 2.56. The third-order valence-corrected chi connectivity index (χ3v) is 4.47. The van der Waals surface area contributed by atoms with Crippen LogP contribution in [0.2, 0.25) is 0 Å². The molecule has 2 rings (SSSR count). The van der Waals surface area contributed by atoms with E-state index >= 15 is 0 Å². The van der Waals surface area contributed by atoms with Gasteiger partial charge < -0.3 is 10.1 Å². The maximum absolute atomic E-state index is 14.9. The van der Waals surface area contributed by atoms with Gasteiger partial charge in [-0.3, -0.25) is 10.1 Å². The Labute approximate surface area is 165 Å². The summed E-state index contributed by atoms with van der Waals surface area (Å²) in [7, 11) is 0. The van der Waals surface area contributed by atoms with E-state index in [0.29, 0.717) is 0 Å². The van der Waals surface area contributed by atoms with Gasteiger partial charge in [0, 0.05) is 18.5 Å². The molecular weight excluding hydrogens is 419 g/mol. The molecule has 0 aromatic heterocycles. The molecule has 0 aliphatic carbocycles. The van der Waals surface area contributed by atoms with Crippen LogP contribution >= 0.6 is 15.9 Å². The summed E-state index contributed by atoms with van der Waals surface area (Å²) in [5.41, 5.74) is -0.0281. The molecule has 1 N–H and O–H groups in total. The van der Waals surface area contributed by atoms with Crippen LogP contribution in [0.4, 0.5) is 14.9 Å². The summed E-state index contributed by atoms with van der Waals surface area (Å²) in [4.78, 5) is 22.3. The van der Waals surface area contributed by atoms with E-state index in [1.165, 1.54) is 12.1 Å². The second-order valence-corrected chi connectivity index (χ2v) is 7.70. The molecule has 0 aliphatic heterocycles. The zero-order chi connectivity index (χ0) is 20.2. The van der Waals surface area contributed by atoms with Gasteiger partial charge >= 0.3 is 6.09 Å². The number of benzene rings is 2. The first-order chi connectivity index (χ1) is 12.6. The van der Waals surface area contributed by atoms with E-state index in [4.69, 9.17) is 4.74 Å². The highest BCUT2D eigenvalue weighted by atomic mass is 79.9. The van der Waals surface area contributed by atoms with Crippen molar-refractivity contribution >= 4 is 27.7 Å². The van der Waals surface area contributed by atoms with Crippen LogP contribution in [0.25, 0.3) is 0 Å². The van der Waals surface area contributed by atoms with Crippen LogP contribution in [0.1, 0.15) is 37.8 Å². The van der Waals surface area contributed by atoms with Crippen molar-refractivity contribution in [1.82, 2.24) is 5.32 Å². The van der Waals surface area contributed by atoms with E-state index in [1.807, 2.05) is 6.07 Å². The number of nitrogens with one attached hydrogen (secondary N) is 1. The molecule has 1 unspecified atom stereocenters. The van der Waals surface area contributed by atoms with E-state index in [9.17, 15) is 19.3 Å². The molecule has 0 saturated carbocycles. The Morgan fingerprint density at radius 3 is 2.44 bits per heavy atom. The number of rotatable bonds is 5. The lowest BCUT2D eigenvalue weighted by molar-refractivity contribution is -0.385. The molecular formula is C19H20BrFN2O4. The first-order valence-electron chi connectivity index (χ1n) is 8.24. The third-order valence-electron chi connectivity index (χ3n) is 3.72. The summed E-state index contributed by atoms with van der Waals surface area (Å²) in [6, 6.07) is 11.6. The fourth-order valence-corrected chi connectivity index (χ4v) is 3.06. The van der Waals surface area contributed by atoms with Crippen molar-refractivity contribution in [3.05, 3.63) is 74.0 Å². The number of nitro groups is 1. The Bertz CT molecular complexity index is 838. The number of halogens is 2. The van der Waals surface area contributed by atoms with Crippen molar-refractivity contribution < 1.29 is 18.8 Å². The van der Waals surface area contributed by atoms with Crippen molar-refractivity contribution in [3.63, 3.8) is 0 Å². The minimum Gasteiger partial charge on any atom is -0.444 e. The number of nitro benzene ring substituents is 1. The Hall–Kier alpha value is -2.48. The zero-order valence-electron chi connectivity index (χ0n) is 15.2. The molecule has 2 aromatic carbocycles. The second kappa shape index (κ2) is 8.47. The molecule has 0 aliphatic rings. The Morgan fingerprint density at radius 1 is 1.26 bits per heavy atom. The van der Waals surface area contributed by atoms with Gasteiger partial charge in [-0.2, -0.15) is 0 Å². The first-order valence-corrected chi connectivity index (χ1v) is 9.03. The lowest BCUT2D eigenvalue weighted by Gasteiger charge is -2.23. The van der Waals surface area contributed by atoms with Crippen molar-refractivity contribution in [2.24, 2.45) is 0 Å². The molecule has 144 valence electrons. The normalized spacial score (nSPS) is 12.3. The first kappa shape index (κ1) is 20.8. The molecule has 0 radical (unpaired) electrons. The van der Waals surface area contributed by atoms with E-state index < -0.39 is 28.4 Å². The maximum Gasteiger partial charge on any atom is 0.407 e. The van der Waals surface area contributed by atoms with Crippen LogP contribution in [0, 0.1) is 15.9 Å². The summed E-state index contributed by atoms with van der Waals surface area (Å²) in [6.45, 7) is 5.30. The highest BCUT2D eigenvalue weighted by Crippen LogP contribution is 2.35. The molecule has 0 heterocycles. The van der Waals surface area contributed by atoms with Gasteiger partial charge in [-0.25, -0.2) is 9.18 Å². The number of alkyl carbamates (subject to hydrolysis) is 1. The summed E-state index contributed by atoms with van der Waals surface area (Å²) < 4.78 is 19.9. The molecule has 0 bridgehead atoms. The van der Waals surface area contributed by atoms with Crippen molar-refractivity contribution in [3.8, 4) is 0 Å². The van der Waals surface area contributed by atoms with Crippen LogP contribution in [-0.2, 0) is 4.74 Å². The SMILES string of the molecule is CC(C)(C)OC(=O)NCC(c1ccccc1)c1ccc([N+](=O)[O-])c(Br)c1F. The molecule has 27 heavy (non-hydrogen) atoms. The van der Waals surface area contributed by atoms with Crippen molar-refractivity contribution in [2.75, 3.05) is 6.54 Å². The molecule has 8 heteroatoms. The maximum atomic E-state index is 14.9. The predicted octanol–water partition coefficient (Wildman–Crippen LogP) is 5.15. The number of hydrogen-bond donors (Lipinski definition) is 1. The molecule has 0 fully saturated rings. The standard InChI is InChI=1S/C19H20BrFN2O4/c1-19(2,3)27-18(24)22-11-14(12-7-5-4-6-8-12)13-9-10-15(23(25)26)16(20)17(13)21/h4-10,14H,11H2,1-3H3,(H,22,24). The average Bonchev–Trinajstić information content (AvgIpc) is 2.57. The monoisotopic (exact) mass is 438 g/mol. The zero-order valence-corrected chi connectivity index (χ0v) is 16.7. The van der Waals surface area contributed by atoms with Crippen LogP contribution in [0.3, 0.4) is 0 Å². The number of carbonyl (C=O) groups is 1. The van der Waals surface area contributed by atoms with Gasteiger partial charge in [0.25, 0.3) is 5.69 Å². The Balaban J connectivity index is 2.36. The quantitative estimate of drug-likeness (QED) is 0.516. The fraction of sp³-hybridized carbons (Fsp3) is 0.316. The summed E-state index contributed by atoms with van der Waals surface area (Å²) in [6.07, 6.45) is -0.621. The number of amides is 1. The second-order valence-electron chi connectivity index (χ2n) is 6.91. The van der Waals surface area contributed by atoms with Gasteiger partial charge in [-0.15, -0.1) is 0 Å². The van der Waals surface area contributed by atoms with Gasteiger partial charge in [0.2, 0.25) is 0 Å². The van der Waals surface area contributed by atoms with Gasteiger partial charge in [-0.1, -0.05) is 30.3 Å². The van der Waals surface area contributed by atoms with E-state index in [1.54, 1.807) is 45.0 Å². The lowest BCUT2D eigenvalue weighted by Crippen LogP contribution is -2.35. The van der Waals surface area contributed by atoms with E-state index in [0.717, 1.165) is 5.56 Å². The van der Waals surface area contributed by atoms with Gasteiger partial charge in [-0.05, 0) is 53.9 Å². The predicted molar refractivity (Wildman–Crippen MR) is 103 cm³/mol. The van der Waals surface area contributed by atoms with E-state index in [-0.39, 0.29) is 22.3 Å². The topological polar surface area (TPSA) is 81.5 Å². The summed E-state index contributed by atoms with van der Waals surface area (Å²) in [5.74, 6) is -1.28. The third kappa shape index (κ3) is 5.50. The average molecular weight is 439 g/mol. The largest absolute Gasteiger partial charge is 0.444 e. The Kier molecular flexibility index (Phi) is 6.54. The molecule has 6 nitrogen and oxygen atoms in total. The smallest absolute Gasteiger partial charge is 0.407 e. The van der Waals surface area contributed by atoms with Crippen LogP contribution in [0.5, 0.6) is 0 Å². The van der Waals surface area contributed by atoms with Crippen LogP contribution in [-0.4, -0.2) is 23.2 Å². The van der Waals surface area contributed by atoms with Crippen molar-refractivity contribution in [2.45, 2.75) is 32.3 Å². The number of carbonyl (C=O) groups excluding carboxylic acids is 1. The highest BCUT2D eigenvalue weighted by molar-refractivity contribution is 9.10. The number of nitrogens with zero attached hydrogens (tertiary/aromatic N) is 1. The number of ether oxygens (including phenoxy) is 1. The minimum absolute atomic E-state index is 0.0695. The van der Waals surface area contributed by atoms with Crippen LogP contribution < -0.4 is 5.32 Å². The van der Waals surface area contributed by atoms with Gasteiger partial charge in [0.1, 0.15) is 15.9 Å². The molecule has 2 aromatic rings. The molecule has 0 spiro atoms. The summed E-state index contributed by atoms with van der Waals surface area (Å²) in [5, 5.41) is 13.7. The van der Waals surface area contributed by atoms with Gasteiger partial charge in [0.05, 0.1) is 4.92 Å². The number of hydrogen-bond acceptors (Lipinski definition) is 4. The highest BCUT2D eigenvalue weighted by Gasteiger charge is 2.26. The van der Waals surface area contributed by atoms with E-state index in [2.05, 4.69) is 21.2 Å².